The second-order valence-corrected chi connectivity index (χ2v) is 9.45. The Labute approximate surface area is 209 Å². The molecule has 1 aromatic heterocycles. The summed E-state index contributed by atoms with van der Waals surface area (Å²) in [6.45, 7) is 1.45. The van der Waals surface area contributed by atoms with Gasteiger partial charge in [0.25, 0.3) is 0 Å². The van der Waals surface area contributed by atoms with Gasteiger partial charge in [0.05, 0.1) is 20.0 Å². The Balaban J connectivity index is 1.57. The number of aromatic nitrogens is 3. The van der Waals surface area contributed by atoms with Gasteiger partial charge in [0.2, 0.25) is 5.91 Å². The number of hydrogen-bond acceptors (Lipinski definition) is 7. The molecule has 2 aromatic carbocycles. The fraction of sp³-hybridized carbons (Fsp3) is 0.385. The summed E-state index contributed by atoms with van der Waals surface area (Å²) in [5.41, 5.74) is 2.15. The molecular weight excluding hydrogens is 464 g/mol. The van der Waals surface area contributed by atoms with Crippen molar-refractivity contribution in [2.75, 3.05) is 25.3 Å². The van der Waals surface area contributed by atoms with E-state index >= 15 is 0 Å². The van der Waals surface area contributed by atoms with Crippen LogP contribution < -0.4 is 14.8 Å². The van der Waals surface area contributed by atoms with E-state index in [0.717, 1.165) is 42.2 Å². The summed E-state index contributed by atoms with van der Waals surface area (Å²) in [6, 6.07) is 13.0. The number of rotatable bonds is 9. The van der Waals surface area contributed by atoms with Crippen LogP contribution >= 0.6 is 11.8 Å². The Bertz CT molecular complexity index is 1190. The van der Waals surface area contributed by atoms with Gasteiger partial charge in [-0.15, -0.1) is 10.2 Å². The predicted octanol–water partition coefficient (Wildman–Crippen LogP) is 5.40. The Morgan fingerprint density at radius 2 is 1.71 bits per heavy atom. The number of nitrogens with one attached hydrogen (secondary N) is 1. The van der Waals surface area contributed by atoms with Crippen LogP contribution in [-0.4, -0.2) is 46.4 Å². The van der Waals surface area contributed by atoms with E-state index < -0.39 is 0 Å². The second-order valence-electron chi connectivity index (χ2n) is 8.51. The van der Waals surface area contributed by atoms with Gasteiger partial charge in [0.1, 0.15) is 0 Å². The van der Waals surface area contributed by atoms with Gasteiger partial charge in [0, 0.05) is 29.8 Å². The van der Waals surface area contributed by atoms with Crippen molar-refractivity contribution in [2.24, 2.45) is 0 Å². The molecule has 0 radical (unpaired) electrons. The van der Waals surface area contributed by atoms with Crippen molar-refractivity contribution in [1.82, 2.24) is 14.8 Å². The number of nitrogens with zero attached hydrogens (tertiary/aromatic N) is 3. The highest BCUT2D eigenvalue weighted by Gasteiger charge is 2.25. The van der Waals surface area contributed by atoms with Gasteiger partial charge in [-0.3, -0.25) is 14.2 Å². The molecule has 0 atom stereocenters. The highest BCUT2D eigenvalue weighted by molar-refractivity contribution is 7.99. The van der Waals surface area contributed by atoms with Crippen LogP contribution in [0.25, 0.3) is 11.4 Å². The summed E-state index contributed by atoms with van der Waals surface area (Å²) < 4.78 is 13.1. The molecule has 3 aromatic rings. The van der Waals surface area contributed by atoms with Gasteiger partial charge in [-0.05, 0) is 55.3 Å². The number of ether oxygens (including phenoxy) is 2. The summed E-state index contributed by atoms with van der Waals surface area (Å²) in [6.07, 6.45) is 5.68. The minimum absolute atomic E-state index is 0.00441. The van der Waals surface area contributed by atoms with Crippen molar-refractivity contribution in [2.45, 2.75) is 50.2 Å². The molecule has 0 unspecified atom stereocenters. The molecule has 0 spiro atoms. The Morgan fingerprint density at radius 1 is 1.00 bits per heavy atom. The standard InChI is InChI=1S/C26H30N4O4S/c1-17(31)27-20-12-9-18(10-13-20)22(32)16-35-26-29-28-25(30(26)21-7-5-4-6-8-21)19-11-14-23(33-2)24(15-19)34-3/h9-15,21H,4-8,16H2,1-3H3,(H,27,31). The maximum Gasteiger partial charge on any atom is 0.221 e. The summed E-state index contributed by atoms with van der Waals surface area (Å²) >= 11 is 1.41. The molecule has 8 nitrogen and oxygen atoms in total. The van der Waals surface area contributed by atoms with Crippen LogP contribution in [0.1, 0.15) is 55.4 Å². The van der Waals surface area contributed by atoms with Crippen LogP contribution in [0.15, 0.2) is 47.6 Å². The van der Waals surface area contributed by atoms with Crippen molar-refractivity contribution in [3.05, 3.63) is 48.0 Å². The lowest BCUT2D eigenvalue weighted by molar-refractivity contribution is -0.114. The molecule has 1 saturated carbocycles. The van der Waals surface area contributed by atoms with E-state index in [2.05, 4.69) is 20.1 Å². The van der Waals surface area contributed by atoms with Gasteiger partial charge in [-0.1, -0.05) is 31.0 Å². The summed E-state index contributed by atoms with van der Waals surface area (Å²) in [5, 5.41) is 12.5. The number of methoxy groups -OCH3 is 2. The molecular formula is C26H30N4O4S. The quantitative estimate of drug-likeness (QED) is 0.314. The molecule has 1 aliphatic carbocycles. The molecule has 0 saturated heterocycles. The van der Waals surface area contributed by atoms with E-state index in [1.54, 1.807) is 38.5 Å². The van der Waals surface area contributed by atoms with Crippen LogP contribution in [0, 0.1) is 0 Å². The molecule has 1 heterocycles. The van der Waals surface area contributed by atoms with Gasteiger partial charge < -0.3 is 14.8 Å². The van der Waals surface area contributed by atoms with Gasteiger partial charge >= 0.3 is 0 Å². The zero-order chi connectivity index (χ0) is 24.8. The third kappa shape index (κ3) is 5.85. The number of ketones is 1. The minimum atomic E-state index is -0.146. The molecule has 1 N–H and O–H groups in total. The fourth-order valence-electron chi connectivity index (χ4n) is 4.37. The third-order valence-corrected chi connectivity index (χ3v) is 7.05. The maximum absolute atomic E-state index is 12.9. The summed E-state index contributed by atoms with van der Waals surface area (Å²) in [5.74, 6) is 2.16. The van der Waals surface area contributed by atoms with Crippen molar-refractivity contribution >= 4 is 29.1 Å². The van der Waals surface area contributed by atoms with Crippen molar-refractivity contribution in [1.29, 1.82) is 0 Å². The molecule has 184 valence electrons. The van der Waals surface area contributed by atoms with E-state index in [1.165, 1.54) is 25.1 Å². The molecule has 35 heavy (non-hydrogen) atoms. The number of amides is 1. The number of carbonyl (C=O) groups is 2. The number of Topliss-reactive ketones (excluding diaryl/α,β-unsaturated/α-hetero) is 1. The average Bonchev–Trinajstić information content (AvgIpc) is 3.31. The second kappa shape index (κ2) is 11.4. The normalized spacial score (nSPS) is 13.9. The van der Waals surface area contributed by atoms with Gasteiger partial charge in [-0.25, -0.2) is 0 Å². The van der Waals surface area contributed by atoms with Gasteiger partial charge in [-0.2, -0.15) is 0 Å². The molecule has 0 bridgehead atoms. The van der Waals surface area contributed by atoms with Crippen molar-refractivity contribution in [3.8, 4) is 22.9 Å². The maximum atomic E-state index is 12.9. The lowest BCUT2D eigenvalue weighted by Crippen LogP contribution is -2.15. The molecule has 4 rings (SSSR count). The summed E-state index contributed by atoms with van der Waals surface area (Å²) in [4.78, 5) is 24.1. The highest BCUT2D eigenvalue weighted by Crippen LogP contribution is 2.38. The van der Waals surface area contributed by atoms with E-state index in [4.69, 9.17) is 9.47 Å². The fourth-order valence-corrected chi connectivity index (χ4v) is 5.27. The SMILES string of the molecule is COc1ccc(-c2nnc(SCC(=O)c3ccc(NC(C)=O)cc3)n2C2CCCCC2)cc1OC. The Hall–Kier alpha value is -3.33. The Kier molecular flexibility index (Phi) is 8.07. The first-order valence-electron chi connectivity index (χ1n) is 11.7. The van der Waals surface area contributed by atoms with Crippen LogP contribution in [-0.2, 0) is 4.79 Å². The van der Waals surface area contributed by atoms with Crippen molar-refractivity contribution < 1.29 is 19.1 Å². The van der Waals surface area contributed by atoms with Crippen LogP contribution in [0.4, 0.5) is 5.69 Å². The first-order valence-corrected chi connectivity index (χ1v) is 12.7. The number of anilines is 1. The van der Waals surface area contributed by atoms with Crippen LogP contribution in [0.2, 0.25) is 0 Å². The number of benzene rings is 2. The molecule has 1 fully saturated rings. The van der Waals surface area contributed by atoms with Gasteiger partial charge in [0.15, 0.2) is 28.3 Å². The molecule has 1 aliphatic rings. The van der Waals surface area contributed by atoms with Crippen LogP contribution in [0.3, 0.4) is 0 Å². The number of carbonyl (C=O) groups excluding carboxylic acids is 2. The molecule has 1 amide bonds. The highest BCUT2D eigenvalue weighted by atomic mass is 32.2. The largest absolute Gasteiger partial charge is 0.493 e. The van der Waals surface area contributed by atoms with E-state index in [0.29, 0.717) is 22.7 Å². The van der Waals surface area contributed by atoms with E-state index in [9.17, 15) is 9.59 Å². The van der Waals surface area contributed by atoms with E-state index in [1.807, 2.05) is 18.2 Å². The minimum Gasteiger partial charge on any atom is -0.493 e. The number of thioether (sulfide) groups is 1. The third-order valence-electron chi connectivity index (χ3n) is 6.11. The van der Waals surface area contributed by atoms with Crippen LogP contribution in [0.5, 0.6) is 11.5 Å². The number of hydrogen-bond donors (Lipinski definition) is 1. The zero-order valence-corrected chi connectivity index (χ0v) is 21.1. The topological polar surface area (TPSA) is 95.3 Å². The first-order chi connectivity index (χ1) is 17.0. The summed E-state index contributed by atoms with van der Waals surface area (Å²) in [7, 11) is 3.23. The van der Waals surface area contributed by atoms with Crippen molar-refractivity contribution in [3.63, 3.8) is 0 Å². The first kappa shape index (κ1) is 24.8. The lowest BCUT2D eigenvalue weighted by Gasteiger charge is -2.25. The lowest BCUT2D eigenvalue weighted by atomic mass is 9.95. The smallest absolute Gasteiger partial charge is 0.221 e. The monoisotopic (exact) mass is 494 g/mol. The average molecular weight is 495 g/mol. The molecule has 9 heteroatoms. The zero-order valence-electron chi connectivity index (χ0n) is 20.2. The Morgan fingerprint density at radius 3 is 2.37 bits per heavy atom. The molecule has 0 aliphatic heterocycles. The predicted molar refractivity (Wildman–Crippen MR) is 136 cm³/mol. The van der Waals surface area contributed by atoms with E-state index in [-0.39, 0.29) is 23.5 Å².